The predicted molar refractivity (Wildman–Crippen MR) is 131 cm³/mol. The summed E-state index contributed by atoms with van der Waals surface area (Å²) in [5, 5.41) is 7.01. The largest absolute Gasteiger partial charge is 0.468 e. The third-order valence-electron chi connectivity index (χ3n) is 5.20. The van der Waals surface area contributed by atoms with Crippen molar-refractivity contribution < 1.29 is 4.42 Å². The van der Waals surface area contributed by atoms with Crippen LogP contribution in [0.4, 0.5) is 0 Å². The number of hydrogen-bond acceptors (Lipinski definition) is 4. The first kappa shape index (κ1) is 27.2. The fourth-order valence-electron chi connectivity index (χ4n) is 3.41. The second kappa shape index (κ2) is 16.0. The van der Waals surface area contributed by atoms with Gasteiger partial charge in [0.1, 0.15) is 5.76 Å². The molecule has 0 aromatic carbocycles. The lowest BCUT2D eigenvalue weighted by Crippen LogP contribution is -2.46. The second-order valence-corrected chi connectivity index (χ2v) is 6.92. The molecular formula is C21H42IN5O. The summed E-state index contributed by atoms with van der Waals surface area (Å²) in [4.78, 5) is 9.27. The normalized spacial score (nSPS) is 14.1. The van der Waals surface area contributed by atoms with E-state index in [1.54, 1.807) is 6.26 Å². The lowest BCUT2D eigenvalue weighted by atomic mass is 10.1. The van der Waals surface area contributed by atoms with Crippen LogP contribution in [0.25, 0.3) is 0 Å². The minimum atomic E-state index is 0. The summed E-state index contributed by atoms with van der Waals surface area (Å²) in [5.74, 6) is 1.85. The molecule has 0 amide bonds. The van der Waals surface area contributed by atoms with Crippen molar-refractivity contribution in [2.24, 2.45) is 4.99 Å². The Kier molecular flexibility index (Phi) is 15.6. The Balaban J connectivity index is 0.00000729. The van der Waals surface area contributed by atoms with Crippen LogP contribution in [0, 0.1) is 0 Å². The Hall–Kier alpha value is -0.800. The molecule has 1 aromatic heterocycles. The molecule has 0 aliphatic carbocycles. The lowest BCUT2D eigenvalue weighted by molar-refractivity contribution is 0.193. The van der Waals surface area contributed by atoms with Gasteiger partial charge in [-0.25, -0.2) is 0 Å². The van der Waals surface area contributed by atoms with Gasteiger partial charge in [-0.1, -0.05) is 27.7 Å². The Labute approximate surface area is 189 Å². The van der Waals surface area contributed by atoms with Gasteiger partial charge in [0.2, 0.25) is 0 Å². The molecule has 0 aliphatic rings. The van der Waals surface area contributed by atoms with E-state index in [-0.39, 0.29) is 30.0 Å². The van der Waals surface area contributed by atoms with Gasteiger partial charge in [-0.2, -0.15) is 0 Å². The standard InChI is InChI=1S/C21H41N5O.HI/c1-7-25(8-2)15-11-13-18(5)24-21(22-6)23-17-19(26(9-3)10-4)20-14-12-16-27-20;/h12,14,16,18-19H,7-11,13,15,17H2,1-6H3,(H2,22,23,24);1H. The van der Waals surface area contributed by atoms with Crippen molar-refractivity contribution >= 4 is 29.9 Å². The van der Waals surface area contributed by atoms with Gasteiger partial charge in [0, 0.05) is 19.6 Å². The molecule has 0 saturated carbocycles. The van der Waals surface area contributed by atoms with Crippen LogP contribution in [0.15, 0.2) is 27.8 Å². The van der Waals surface area contributed by atoms with E-state index in [2.05, 4.69) is 66.1 Å². The molecule has 0 bridgehead atoms. The monoisotopic (exact) mass is 507 g/mol. The van der Waals surface area contributed by atoms with Crippen LogP contribution in [0.2, 0.25) is 0 Å². The van der Waals surface area contributed by atoms with Crippen molar-refractivity contribution in [1.29, 1.82) is 0 Å². The summed E-state index contributed by atoms with van der Waals surface area (Å²) in [7, 11) is 1.83. The van der Waals surface area contributed by atoms with Crippen LogP contribution in [-0.2, 0) is 0 Å². The summed E-state index contributed by atoms with van der Waals surface area (Å²) in [5.41, 5.74) is 0. The summed E-state index contributed by atoms with van der Waals surface area (Å²) < 4.78 is 5.68. The van der Waals surface area contributed by atoms with Gasteiger partial charge >= 0.3 is 0 Å². The molecule has 2 N–H and O–H groups in total. The molecule has 0 fully saturated rings. The first-order chi connectivity index (χ1) is 13.1. The van der Waals surface area contributed by atoms with Gasteiger partial charge in [0.25, 0.3) is 0 Å². The predicted octanol–water partition coefficient (Wildman–Crippen LogP) is 3.96. The fraction of sp³-hybridized carbons (Fsp3) is 0.762. The Bertz CT molecular complexity index is 501. The molecule has 164 valence electrons. The summed E-state index contributed by atoms with van der Waals surface area (Å²) in [6.07, 6.45) is 4.08. The number of nitrogens with one attached hydrogen (secondary N) is 2. The van der Waals surface area contributed by atoms with Gasteiger partial charge in [-0.15, -0.1) is 24.0 Å². The zero-order valence-electron chi connectivity index (χ0n) is 18.7. The minimum Gasteiger partial charge on any atom is -0.468 e. The molecule has 7 heteroatoms. The Morgan fingerprint density at radius 1 is 1.14 bits per heavy atom. The molecule has 0 aliphatic heterocycles. The molecule has 2 unspecified atom stereocenters. The average molecular weight is 508 g/mol. The van der Waals surface area contributed by atoms with E-state index in [0.29, 0.717) is 6.04 Å². The van der Waals surface area contributed by atoms with E-state index in [1.807, 2.05) is 13.1 Å². The van der Waals surface area contributed by atoms with Crippen LogP contribution < -0.4 is 10.6 Å². The lowest BCUT2D eigenvalue weighted by Gasteiger charge is -2.29. The van der Waals surface area contributed by atoms with Gasteiger partial charge in [-0.05, 0) is 64.6 Å². The van der Waals surface area contributed by atoms with Crippen molar-refractivity contribution in [1.82, 2.24) is 20.4 Å². The third kappa shape index (κ3) is 9.60. The number of hydrogen-bond donors (Lipinski definition) is 2. The molecule has 1 aromatic rings. The van der Waals surface area contributed by atoms with Crippen LogP contribution in [-0.4, -0.2) is 68.1 Å². The van der Waals surface area contributed by atoms with Crippen molar-refractivity contribution in [2.45, 2.75) is 59.5 Å². The van der Waals surface area contributed by atoms with Gasteiger partial charge in [0.05, 0.1) is 12.3 Å². The highest BCUT2D eigenvalue weighted by Crippen LogP contribution is 2.20. The molecule has 28 heavy (non-hydrogen) atoms. The molecule has 1 rings (SSSR count). The highest BCUT2D eigenvalue weighted by molar-refractivity contribution is 14.0. The number of rotatable bonds is 13. The maximum absolute atomic E-state index is 5.68. The molecule has 6 nitrogen and oxygen atoms in total. The summed E-state index contributed by atoms with van der Waals surface area (Å²) in [6.45, 7) is 17.2. The first-order valence-electron chi connectivity index (χ1n) is 10.6. The average Bonchev–Trinajstić information content (AvgIpc) is 3.21. The third-order valence-corrected chi connectivity index (χ3v) is 5.20. The van der Waals surface area contributed by atoms with Gasteiger partial charge < -0.3 is 20.0 Å². The van der Waals surface area contributed by atoms with E-state index in [9.17, 15) is 0 Å². The minimum absolute atomic E-state index is 0. The Morgan fingerprint density at radius 2 is 1.82 bits per heavy atom. The number of likely N-dealkylation sites (N-methyl/N-ethyl adjacent to an activating group) is 1. The quantitative estimate of drug-likeness (QED) is 0.241. The summed E-state index contributed by atoms with van der Waals surface area (Å²) >= 11 is 0. The molecule has 0 spiro atoms. The SMILES string of the molecule is CCN(CC)CCCC(C)NC(=NC)NCC(c1ccco1)N(CC)CC.I. The molecule has 1 heterocycles. The van der Waals surface area contributed by atoms with Crippen molar-refractivity contribution in [3.8, 4) is 0 Å². The fourth-order valence-corrected chi connectivity index (χ4v) is 3.41. The topological polar surface area (TPSA) is 56.0 Å². The van der Waals surface area contributed by atoms with Gasteiger partial charge in [-0.3, -0.25) is 9.89 Å². The molecular weight excluding hydrogens is 465 g/mol. The smallest absolute Gasteiger partial charge is 0.191 e. The molecule has 0 radical (unpaired) electrons. The van der Waals surface area contributed by atoms with Crippen molar-refractivity contribution in [2.75, 3.05) is 46.3 Å². The van der Waals surface area contributed by atoms with E-state index in [4.69, 9.17) is 4.42 Å². The maximum Gasteiger partial charge on any atom is 0.191 e. The molecule has 0 saturated heterocycles. The van der Waals surface area contributed by atoms with Crippen LogP contribution in [0.5, 0.6) is 0 Å². The number of furan rings is 1. The number of guanidine groups is 1. The zero-order chi connectivity index (χ0) is 20.1. The van der Waals surface area contributed by atoms with Crippen LogP contribution >= 0.6 is 24.0 Å². The highest BCUT2D eigenvalue weighted by atomic mass is 127. The van der Waals surface area contributed by atoms with Crippen molar-refractivity contribution in [3.05, 3.63) is 24.2 Å². The van der Waals surface area contributed by atoms with Gasteiger partial charge in [0.15, 0.2) is 5.96 Å². The highest BCUT2D eigenvalue weighted by Gasteiger charge is 2.21. The van der Waals surface area contributed by atoms with Crippen LogP contribution in [0.3, 0.4) is 0 Å². The van der Waals surface area contributed by atoms with E-state index >= 15 is 0 Å². The van der Waals surface area contributed by atoms with Crippen molar-refractivity contribution in [3.63, 3.8) is 0 Å². The maximum atomic E-state index is 5.68. The number of halogens is 1. The number of aliphatic imine (C=N–C) groups is 1. The number of nitrogens with zero attached hydrogens (tertiary/aromatic N) is 3. The Morgan fingerprint density at radius 3 is 2.32 bits per heavy atom. The van der Waals surface area contributed by atoms with Crippen LogP contribution in [0.1, 0.15) is 59.3 Å². The second-order valence-electron chi connectivity index (χ2n) is 6.92. The van der Waals surface area contributed by atoms with E-state index in [0.717, 1.165) is 57.4 Å². The zero-order valence-corrected chi connectivity index (χ0v) is 21.0. The summed E-state index contributed by atoms with van der Waals surface area (Å²) in [6, 6.07) is 4.60. The molecule has 2 atom stereocenters. The van der Waals surface area contributed by atoms with E-state index in [1.165, 1.54) is 6.42 Å². The first-order valence-corrected chi connectivity index (χ1v) is 10.6. The van der Waals surface area contributed by atoms with E-state index < -0.39 is 0 Å².